The van der Waals surface area contributed by atoms with Crippen molar-refractivity contribution in [3.63, 3.8) is 0 Å². The third-order valence-electron chi connectivity index (χ3n) is 4.24. The molecule has 0 spiro atoms. The molecule has 0 radical (unpaired) electrons. The van der Waals surface area contributed by atoms with Gasteiger partial charge in [-0.1, -0.05) is 41.5 Å². The molecule has 2 rings (SSSR count). The van der Waals surface area contributed by atoms with E-state index in [9.17, 15) is 0 Å². The van der Waals surface area contributed by atoms with E-state index in [4.69, 9.17) is 4.98 Å². The van der Waals surface area contributed by atoms with Crippen LogP contribution in [-0.2, 0) is 0 Å². The summed E-state index contributed by atoms with van der Waals surface area (Å²) < 4.78 is 2.52. The summed E-state index contributed by atoms with van der Waals surface area (Å²) in [5, 5.41) is 3.19. The first-order chi connectivity index (χ1) is 9.31. The zero-order valence-corrected chi connectivity index (χ0v) is 14.7. The molecule has 0 aliphatic carbocycles. The van der Waals surface area contributed by atoms with Gasteiger partial charge in [0.15, 0.2) is 0 Å². The van der Waals surface area contributed by atoms with Gasteiger partial charge in [-0.3, -0.25) is 3.97 Å². The Kier molecular flexibility index (Phi) is 4.19. The second-order valence-electron chi connectivity index (χ2n) is 6.44. The predicted molar refractivity (Wildman–Crippen MR) is 92.9 cm³/mol. The number of aryl methyl sites for hydroxylation is 1. The number of aromatic nitrogens is 2. The van der Waals surface area contributed by atoms with E-state index >= 15 is 0 Å². The molecule has 2 nitrogen and oxygen atoms in total. The third kappa shape index (κ3) is 2.16. The van der Waals surface area contributed by atoms with E-state index in [0.29, 0.717) is 15.7 Å². The Labute approximate surface area is 125 Å². The first-order valence-electron chi connectivity index (χ1n) is 7.56. The zero-order valence-electron chi connectivity index (χ0n) is 13.8. The summed E-state index contributed by atoms with van der Waals surface area (Å²) in [5.74, 6) is 0. The number of hydrogen-bond acceptors (Lipinski definition) is 1. The molecule has 3 heteroatoms. The molecular weight excluding hydrogens is 264 g/mol. The first-order valence-corrected chi connectivity index (χ1v) is 9.33. The van der Waals surface area contributed by atoms with Gasteiger partial charge in [-0.05, 0) is 24.6 Å². The molecule has 2 aromatic rings. The maximum absolute atomic E-state index is 4.74. The highest BCUT2D eigenvalue weighted by atomic mass is 32.3. The van der Waals surface area contributed by atoms with E-state index in [1.165, 1.54) is 10.9 Å². The molecule has 0 aromatic carbocycles. The fraction of sp³-hybridized carbons (Fsp3) is 0.588. The van der Waals surface area contributed by atoms with Crippen LogP contribution < -0.4 is 0 Å². The lowest BCUT2D eigenvalue weighted by molar-refractivity contribution is 0.912. The normalized spacial score (nSPS) is 13.9. The molecule has 0 saturated carbocycles. The molecule has 0 unspecified atom stereocenters. The van der Waals surface area contributed by atoms with Gasteiger partial charge in [0.2, 0.25) is 0 Å². The van der Waals surface area contributed by atoms with Crippen LogP contribution in [0.2, 0.25) is 0 Å². The summed E-state index contributed by atoms with van der Waals surface area (Å²) in [6.45, 7) is 16.3. The minimum atomic E-state index is -0.967. The van der Waals surface area contributed by atoms with Gasteiger partial charge >= 0.3 is 0 Å². The van der Waals surface area contributed by atoms with Gasteiger partial charge in [0.25, 0.3) is 0 Å². The summed E-state index contributed by atoms with van der Waals surface area (Å²) in [5.41, 5.74) is 2.39. The predicted octanol–water partition coefficient (Wildman–Crippen LogP) is 5.14. The van der Waals surface area contributed by atoms with Crippen molar-refractivity contribution in [2.24, 2.45) is 0 Å². The Morgan fingerprint density at radius 3 is 2.05 bits per heavy atom. The van der Waals surface area contributed by atoms with Gasteiger partial charge in [-0.15, -0.1) is 0 Å². The SMILES string of the molecule is Cc1cnc2c(ccn2S(C(C)C)(C(C)C)C(C)C)c1. The molecular formula is C17H28N2S. The molecule has 0 aliphatic heterocycles. The quantitative estimate of drug-likeness (QED) is 0.763. The van der Waals surface area contributed by atoms with Crippen molar-refractivity contribution in [1.29, 1.82) is 0 Å². The van der Waals surface area contributed by atoms with Crippen molar-refractivity contribution >= 4 is 21.2 Å². The molecule has 2 heterocycles. The Balaban J connectivity index is 2.75. The van der Waals surface area contributed by atoms with Crippen molar-refractivity contribution in [3.05, 3.63) is 30.1 Å². The summed E-state index contributed by atoms with van der Waals surface area (Å²) in [6.07, 6.45) is 4.26. The standard InChI is InChI=1S/C17H28N2S/c1-12(2)20(13(3)4,14(5)6)19-9-8-16-10-15(7)11-18-17(16)19/h8-14H,1-7H3. The molecule has 0 atom stereocenters. The van der Waals surface area contributed by atoms with E-state index in [1.54, 1.807) is 0 Å². The fourth-order valence-electron chi connectivity index (χ4n) is 3.68. The summed E-state index contributed by atoms with van der Waals surface area (Å²) >= 11 is 0. The molecule has 0 saturated heterocycles. The lowest BCUT2D eigenvalue weighted by atomic mass is 10.2. The van der Waals surface area contributed by atoms with Gasteiger partial charge < -0.3 is 0 Å². The summed E-state index contributed by atoms with van der Waals surface area (Å²) in [6, 6.07) is 4.47. The first kappa shape index (κ1) is 15.4. The average molecular weight is 292 g/mol. The molecule has 0 amide bonds. The van der Waals surface area contributed by atoms with Crippen molar-refractivity contribution < 1.29 is 0 Å². The largest absolute Gasteiger partial charge is 0.293 e. The third-order valence-corrected chi connectivity index (χ3v) is 9.74. The topological polar surface area (TPSA) is 17.8 Å². The molecule has 0 aliphatic rings. The van der Waals surface area contributed by atoms with Crippen molar-refractivity contribution in [3.8, 4) is 0 Å². The van der Waals surface area contributed by atoms with Crippen LogP contribution in [0.3, 0.4) is 0 Å². The van der Waals surface area contributed by atoms with Gasteiger partial charge in [0.05, 0.1) is 0 Å². The van der Waals surface area contributed by atoms with Crippen molar-refractivity contribution in [2.75, 3.05) is 0 Å². The van der Waals surface area contributed by atoms with Crippen LogP contribution in [0.15, 0.2) is 24.5 Å². The second kappa shape index (κ2) is 5.44. The Bertz CT molecular complexity index is 574. The van der Waals surface area contributed by atoms with Crippen LogP contribution in [0.1, 0.15) is 47.1 Å². The molecule has 0 fully saturated rings. The summed E-state index contributed by atoms with van der Waals surface area (Å²) in [7, 11) is -0.967. The van der Waals surface area contributed by atoms with Crippen LogP contribution in [-0.4, -0.2) is 24.7 Å². The van der Waals surface area contributed by atoms with E-state index in [2.05, 4.69) is 70.8 Å². The number of fused-ring (bicyclic) bond motifs is 1. The van der Waals surface area contributed by atoms with Gasteiger partial charge in [-0.25, -0.2) is 4.98 Å². The van der Waals surface area contributed by atoms with Crippen molar-refractivity contribution in [1.82, 2.24) is 8.96 Å². The highest BCUT2D eigenvalue weighted by Crippen LogP contribution is 2.62. The number of nitrogens with zero attached hydrogens (tertiary/aromatic N) is 2. The fourth-order valence-corrected chi connectivity index (χ4v) is 9.03. The Hall–Kier alpha value is -0.960. The van der Waals surface area contributed by atoms with Crippen LogP contribution >= 0.6 is 10.2 Å². The highest BCUT2D eigenvalue weighted by molar-refractivity contribution is 8.33. The van der Waals surface area contributed by atoms with Crippen LogP contribution in [0.5, 0.6) is 0 Å². The van der Waals surface area contributed by atoms with E-state index < -0.39 is 10.2 Å². The van der Waals surface area contributed by atoms with Gasteiger partial charge in [0.1, 0.15) is 5.65 Å². The smallest absolute Gasteiger partial charge is 0.148 e. The monoisotopic (exact) mass is 292 g/mol. The van der Waals surface area contributed by atoms with E-state index in [0.717, 1.165) is 5.65 Å². The molecule has 20 heavy (non-hydrogen) atoms. The lowest BCUT2D eigenvalue weighted by Gasteiger charge is -2.52. The van der Waals surface area contributed by atoms with Crippen LogP contribution in [0.25, 0.3) is 11.0 Å². The number of rotatable bonds is 4. The minimum Gasteiger partial charge on any atom is -0.293 e. The second-order valence-corrected chi connectivity index (χ2v) is 11.1. The highest BCUT2D eigenvalue weighted by Gasteiger charge is 2.37. The Morgan fingerprint density at radius 1 is 1.00 bits per heavy atom. The maximum Gasteiger partial charge on any atom is 0.148 e. The molecule has 0 N–H and O–H groups in total. The van der Waals surface area contributed by atoms with Gasteiger partial charge in [-0.2, -0.15) is 10.2 Å². The number of pyridine rings is 1. The molecule has 112 valence electrons. The minimum absolute atomic E-state index is 0.640. The average Bonchev–Trinajstić information content (AvgIpc) is 2.72. The zero-order chi connectivity index (χ0) is 15.1. The van der Waals surface area contributed by atoms with Crippen LogP contribution in [0, 0.1) is 6.92 Å². The lowest BCUT2D eigenvalue weighted by Crippen LogP contribution is -2.33. The van der Waals surface area contributed by atoms with Crippen LogP contribution in [0.4, 0.5) is 0 Å². The van der Waals surface area contributed by atoms with Crippen molar-refractivity contribution in [2.45, 2.75) is 64.2 Å². The number of hydrogen-bond donors (Lipinski definition) is 0. The summed E-state index contributed by atoms with van der Waals surface area (Å²) in [4.78, 5) is 4.74. The molecule has 2 aromatic heterocycles. The van der Waals surface area contributed by atoms with E-state index in [-0.39, 0.29) is 0 Å². The molecule has 0 bridgehead atoms. The van der Waals surface area contributed by atoms with Gasteiger partial charge in [0, 0.05) is 33.5 Å². The Morgan fingerprint density at radius 2 is 1.55 bits per heavy atom. The maximum atomic E-state index is 4.74. The van der Waals surface area contributed by atoms with E-state index in [1.807, 2.05) is 6.20 Å².